The van der Waals surface area contributed by atoms with Gasteiger partial charge in [0.25, 0.3) is 0 Å². The number of carboxylic acids is 1. The van der Waals surface area contributed by atoms with Crippen LogP contribution in [0.5, 0.6) is 5.75 Å². The fourth-order valence-electron chi connectivity index (χ4n) is 2.43. The molecule has 5 nitrogen and oxygen atoms in total. The highest BCUT2D eigenvalue weighted by Gasteiger charge is 2.11. The summed E-state index contributed by atoms with van der Waals surface area (Å²) in [4.78, 5) is 21.8. The highest BCUT2D eigenvalue weighted by Crippen LogP contribution is 2.27. The van der Waals surface area contributed by atoms with Crippen LogP contribution in [0.15, 0.2) is 46.9 Å². The SMILES string of the molecule is O=Cc1cc(I)c2oc(COc3ccccc3CC(=O)O)cc2c1. The summed E-state index contributed by atoms with van der Waals surface area (Å²) in [7, 11) is 0. The van der Waals surface area contributed by atoms with Crippen LogP contribution in [0.25, 0.3) is 11.0 Å². The molecule has 0 aliphatic rings. The lowest BCUT2D eigenvalue weighted by molar-refractivity contribution is -0.136. The number of aliphatic carboxylic acids is 1. The van der Waals surface area contributed by atoms with Crippen LogP contribution in [0.2, 0.25) is 0 Å². The molecule has 6 heteroatoms. The number of hydrogen-bond donors (Lipinski definition) is 1. The Morgan fingerprint density at radius 1 is 1.25 bits per heavy atom. The largest absolute Gasteiger partial charge is 0.485 e. The number of carboxylic acid groups (broad SMARTS) is 1. The van der Waals surface area contributed by atoms with Crippen molar-refractivity contribution in [2.75, 3.05) is 0 Å². The molecule has 0 bridgehead atoms. The van der Waals surface area contributed by atoms with Crippen molar-refractivity contribution in [1.29, 1.82) is 0 Å². The maximum absolute atomic E-state index is 10.9. The van der Waals surface area contributed by atoms with E-state index >= 15 is 0 Å². The molecule has 0 saturated carbocycles. The van der Waals surface area contributed by atoms with Crippen molar-refractivity contribution in [3.63, 3.8) is 0 Å². The summed E-state index contributed by atoms with van der Waals surface area (Å²) in [6.45, 7) is 0.178. The first kappa shape index (κ1) is 16.5. The second-order valence-corrected chi connectivity index (χ2v) is 6.38. The molecule has 122 valence electrons. The Kier molecular flexibility index (Phi) is 4.84. The van der Waals surface area contributed by atoms with Crippen LogP contribution < -0.4 is 4.74 Å². The van der Waals surface area contributed by atoms with Gasteiger partial charge in [-0.05, 0) is 46.9 Å². The minimum Gasteiger partial charge on any atom is -0.485 e. The maximum Gasteiger partial charge on any atom is 0.307 e. The standard InChI is InChI=1S/C18H13IO5/c19-15-6-11(9-20)5-13-7-14(24-18(13)15)10-23-16-4-2-1-3-12(16)8-17(21)22/h1-7,9H,8,10H2,(H,21,22). The Balaban J connectivity index is 1.82. The molecule has 1 heterocycles. The minimum absolute atomic E-state index is 0.100. The Bertz CT molecular complexity index is 913. The number of para-hydroxylation sites is 1. The number of aldehydes is 1. The van der Waals surface area contributed by atoms with Crippen LogP contribution >= 0.6 is 22.6 Å². The van der Waals surface area contributed by atoms with E-state index in [0.29, 0.717) is 28.2 Å². The van der Waals surface area contributed by atoms with E-state index in [1.54, 1.807) is 36.4 Å². The zero-order chi connectivity index (χ0) is 17.1. The quantitative estimate of drug-likeness (QED) is 0.466. The van der Waals surface area contributed by atoms with Gasteiger partial charge in [-0.15, -0.1) is 0 Å². The first-order valence-corrected chi connectivity index (χ1v) is 8.24. The van der Waals surface area contributed by atoms with Crippen molar-refractivity contribution >= 4 is 45.8 Å². The normalized spacial score (nSPS) is 10.7. The number of fused-ring (bicyclic) bond motifs is 1. The Morgan fingerprint density at radius 2 is 2.04 bits per heavy atom. The van der Waals surface area contributed by atoms with Crippen molar-refractivity contribution in [3.05, 3.63) is 62.9 Å². The van der Waals surface area contributed by atoms with Crippen LogP contribution in [0.1, 0.15) is 21.7 Å². The molecule has 0 saturated heterocycles. The van der Waals surface area contributed by atoms with Gasteiger partial charge in [0.1, 0.15) is 30.0 Å². The van der Waals surface area contributed by atoms with E-state index < -0.39 is 5.97 Å². The first-order valence-electron chi connectivity index (χ1n) is 7.16. The molecule has 24 heavy (non-hydrogen) atoms. The zero-order valence-corrected chi connectivity index (χ0v) is 14.6. The van der Waals surface area contributed by atoms with Gasteiger partial charge in [-0.25, -0.2) is 0 Å². The summed E-state index contributed by atoms with van der Waals surface area (Å²) in [6, 6.07) is 12.4. The molecular weight excluding hydrogens is 423 g/mol. The molecule has 1 aromatic heterocycles. The summed E-state index contributed by atoms with van der Waals surface area (Å²) >= 11 is 2.12. The van der Waals surface area contributed by atoms with Gasteiger partial charge in [-0.2, -0.15) is 0 Å². The van der Waals surface area contributed by atoms with Crippen molar-refractivity contribution < 1.29 is 23.8 Å². The minimum atomic E-state index is -0.911. The van der Waals surface area contributed by atoms with E-state index in [-0.39, 0.29) is 13.0 Å². The summed E-state index contributed by atoms with van der Waals surface area (Å²) in [5.41, 5.74) is 1.91. The van der Waals surface area contributed by atoms with E-state index in [9.17, 15) is 9.59 Å². The fraction of sp³-hybridized carbons (Fsp3) is 0.111. The van der Waals surface area contributed by atoms with Crippen LogP contribution in [-0.2, 0) is 17.8 Å². The van der Waals surface area contributed by atoms with E-state index in [4.69, 9.17) is 14.3 Å². The molecule has 0 spiro atoms. The van der Waals surface area contributed by atoms with Crippen molar-refractivity contribution in [2.24, 2.45) is 0 Å². The summed E-state index contributed by atoms with van der Waals surface area (Å²) < 4.78 is 12.3. The van der Waals surface area contributed by atoms with E-state index in [0.717, 1.165) is 15.2 Å². The van der Waals surface area contributed by atoms with Crippen LogP contribution in [0, 0.1) is 3.57 Å². The van der Waals surface area contributed by atoms with Crippen molar-refractivity contribution in [2.45, 2.75) is 13.0 Å². The Hall–Kier alpha value is -2.35. The zero-order valence-electron chi connectivity index (χ0n) is 12.5. The molecule has 2 aromatic carbocycles. The molecule has 3 aromatic rings. The van der Waals surface area contributed by atoms with Gasteiger partial charge in [0, 0.05) is 16.5 Å². The third-order valence-corrected chi connectivity index (χ3v) is 4.27. The second kappa shape index (κ2) is 7.04. The van der Waals surface area contributed by atoms with Gasteiger partial charge in [0.15, 0.2) is 0 Å². The van der Waals surface area contributed by atoms with Gasteiger partial charge in [0.2, 0.25) is 0 Å². The topological polar surface area (TPSA) is 76.7 Å². The van der Waals surface area contributed by atoms with Gasteiger partial charge in [0.05, 0.1) is 9.99 Å². The molecule has 1 N–H and O–H groups in total. The molecule has 0 atom stereocenters. The van der Waals surface area contributed by atoms with Crippen LogP contribution in [0.3, 0.4) is 0 Å². The van der Waals surface area contributed by atoms with Gasteiger partial charge < -0.3 is 14.3 Å². The Labute approximate surface area is 151 Å². The van der Waals surface area contributed by atoms with E-state index in [1.807, 2.05) is 6.07 Å². The second-order valence-electron chi connectivity index (χ2n) is 5.22. The highest BCUT2D eigenvalue weighted by molar-refractivity contribution is 14.1. The number of furan rings is 1. The van der Waals surface area contributed by atoms with Crippen LogP contribution in [-0.4, -0.2) is 17.4 Å². The average Bonchev–Trinajstić information content (AvgIpc) is 2.97. The predicted molar refractivity (Wildman–Crippen MR) is 96.4 cm³/mol. The molecular formula is C18H13IO5. The monoisotopic (exact) mass is 436 g/mol. The van der Waals surface area contributed by atoms with Crippen molar-refractivity contribution in [3.8, 4) is 5.75 Å². The fourth-order valence-corrected chi connectivity index (χ4v) is 3.21. The first-order chi connectivity index (χ1) is 11.6. The number of rotatable bonds is 6. The molecule has 0 radical (unpaired) electrons. The van der Waals surface area contributed by atoms with Crippen molar-refractivity contribution in [1.82, 2.24) is 0 Å². The lowest BCUT2D eigenvalue weighted by atomic mass is 10.1. The predicted octanol–water partition coefficient (Wildman–Crippen LogP) is 4.06. The average molecular weight is 436 g/mol. The van der Waals surface area contributed by atoms with Gasteiger partial charge in [-0.1, -0.05) is 18.2 Å². The number of halogens is 1. The van der Waals surface area contributed by atoms with E-state index in [2.05, 4.69) is 22.6 Å². The maximum atomic E-state index is 10.9. The molecule has 0 aliphatic heterocycles. The number of ether oxygens (including phenoxy) is 1. The summed E-state index contributed by atoms with van der Waals surface area (Å²) in [6.07, 6.45) is 0.698. The highest BCUT2D eigenvalue weighted by atomic mass is 127. The summed E-state index contributed by atoms with van der Waals surface area (Å²) in [5.74, 6) is 0.213. The number of carbonyl (C=O) groups is 2. The number of carbonyl (C=O) groups excluding carboxylic acids is 1. The summed E-state index contributed by atoms with van der Waals surface area (Å²) in [5, 5.41) is 9.78. The molecule has 0 unspecified atom stereocenters. The smallest absolute Gasteiger partial charge is 0.307 e. The lowest BCUT2D eigenvalue weighted by Gasteiger charge is -2.08. The molecule has 0 aliphatic carbocycles. The molecule has 0 amide bonds. The Morgan fingerprint density at radius 3 is 2.79 bits per heavy atom. The van der Waals surface area contributed by atoms with Crippen LogP contribution in [0.4, 0.5) is 0 Å². The molecule has 3 rings (SSSR count). The third-order valence-electron chi connectivity index (χ3n) is 3.46. The van der Waals surface area contributed by atoms with Gasteiger partial charge in [-0.3, -0.25) is 9.59 Å². The number of hydrogen-bond acceptors (Lipinski definition) is 4. The number of benzene rings is 2. The van der Waals surface area contributed by atoms with Gasteiger partial charge >= 0.3 is 5.97 Å². The molecule has 0 fully saturated rings. The lowest BCUT2D eigenvalue weighted by Crippen LogP contribution is -2.03. The van der Waals surface area contributed by atoms with E-state index in [1.165, 1.54) is 0 Å². The third kappa shape index (κ3) is 3.59.